The van der Waals surface area contributed by atoms with Crippen LogP contribution in [0.5, 0.6) is 5.75 Å². The third-order valence-electron chi connectivity index (χ3n) is 1.76. The van der Waals surface area contributed by atoms with E-state index in [1.165, 1.54) is 12.2 Å². The van der Waals surface area contributed by atoms with Crippen LogP contribution in [0.25, 0.3) is 6.08 Å². The highest BCUT2D eigenvalue weighted by atomic mass is 16.5. The number of hydrogen-bond donors (Lipinski definition) is 0. The topological polar surface area (TPSA) is 26.3 Å². The standard InChI is InChI=1S/C12H12O2/c1-3-11(13)7-4-10-5-8-12(14-2)9-6-10/h3-9H,1H2,2H3. The Labute approximate surface area is 83.5 Å². The summed E-state index contributed by atoms with van der Waals surface area (Å²) in [5.41, 5.74) is 0.959. The summed E-state index contributed by atoms with van der Waals surface area (Å²) in [6.45, 7) is 3.38. The number of carbonyl (C=O) groups excluding carboxylic acids is 1. The summed E-state index contributed by atoms with van der Waals surface area (Å²) in [6, 6.07) is 7.45. The molecule has 0 aromatic heterocycles. The van der Waals surface area contributed by atoms with Gasteiger partial charge in [0.25, 0.3) is 0 Å². The van der Waals surface area contributed by atoms with Crippen molar-refractivity contribution in [3.05, 3.63) is 48.6 Å². The van der Waals surface area contributed by atoms with E-state index in [-0.39, 0.29) is 5.78 Å². The molecule has 1 rings (SSSR count). The average Bonchev–Trinajstić information content (AvgIpc) is 2.26. The highest BCUT2D eigenvalue weighted by molar-refractivity contribution is 6.01. The zero-order valence-electron chi connectivity index (χ0n) is 8.07. The second-order valence-electron chi connectivity index (χ2n) is 2.71. The summed E-state index contributed by atoms with van der Waals surface area (Å²) in [4.78, 5) is 10.9. The molecule has 0 aliphatic rings. The van der Waals surface area contributed by atoms with E-state index in [4.69, 9.17) is 4.74 Å². The maximum absolute atomic E-state index is 10.9. The molecule has 2 heteroatoms. The second kappa shape index (κ2) is 5.02. The molecule has 0 atom stereocenters. The van der Waals surface area contributed by atoms with Crippen LogP contribution in [0, 0.1) is 0 Å². The summed E-state index contributed by atoms with van der Waals surface area (Å²) in [5.74, 6) is 0.706. The first kappa shape index (κ1) is 10.3. The van der Waals surface area contributed by atoms with Crippen LogP contribution in [0.2, 0.25) is 0 Å². The van der Waals surface area contributed by atoms with Gasteiger partial charge in [0.2, 0.25) is 0 Å². The van der Waals surface area contributed by atoms with Crippen molar-refractivity contribution in [2.24, 2.45) is 0 Å². The normalized spacial score (nSPS) is 10.1. The van der Waals surface area contributed by atoms with Gasteiger partial charge in [-0.05, 0) is 29.8 Å². The van der Waals surface area contributed by atoms with E-state index in [0.717, 1.165) is 11.3 Å². The largest absolute Gasteiger partial charge is 0.497 e. The van der Waals surface area contributed by atoms with Gasteiger partial charge in [-0.1, -0.05) is 24.8 Å². The van der Waals surface area contributed by atoms with Crippen LogP contribution in [0.3, 0.4) is 0 Å². The molecular weight excluding hydrogens is 176 g/mol. The Balaban J connectivity index is 2.73. The lowest BCUT2D eigenvalue weighted by Gasteiger charge is -1.98. The fourth-order valence-electron chi connectivity index (χ4n) is 0.961. The molecule has 0 fully saturated rings. The Hall–Kier alpha value is -1.83. The van der Waals surface area contributed by atoms with Gasteiger partial charge < -0.3 is 4.74 Å². The highest BCUT2D eigenvalue weighted by Crippen LogP contribution is 2.12. The van der Waals surface area contributed by atoms with Gasteiger partial charge in [-0.3, -0.25) is 4.79 Å². The number of carbonyl (C=O) groups is 1. The summed E-state index contributed by atoms with van der Waals surface area (Å²) < 4.78 is 5.01. The van der Waals surface area contributed by atoms with Crippen molar-refractivity contribution in [2.75, 3.05) is 7.11 Å². The molecule has 1 aromatic rings. The maximum Gasteiger partial charge on any atom is 0.178 e. The minimum absolute atomic E-state index is 0.0965. The van der Waals surface area contributed by atoms with Crippen molar-refractivity contribution in [2.45, 2.75) is 0 Å². The van der Waals surface area contributed by atoms with Crippen LogP contribution < -0.4 is 4.74 Å². The Morgan fingerprint density at radius 3 is 2.50 bits per heavy atom. The lowest BCUT2D eigenvalue weighted by atomic mass is 10.2. The van der Waals surface area contributed by atoms with Gasteiger partial charge in [0.1, 0.15) is 5.75 Å². The van der Waals surface area contributed by atoms with Gasteiger partial charge in [0, 0.05) is 0 Å². The molecule has 0 saturated heterocycles. The molecule has 0 saturated carbocycles. The van der Waals surface area contributed by atoms with E-state index in [2.05, 4.69) is 6.58 Å². The molecule has 0 N–H and O–H groups in total. The molecule has 0 aliphatic heterocycles. The number of ketones is 1. The molecule has 1 aromatic carbocycles. The van der Waals surface area contributed by atoms with Crippen molar-refractivity contribution in [3.8, 4) is 5.75 Å². The summed E-state index contributed by atoms with van der Waals surface area (Å²) in [6.07, 6.45) is 4.50. The zero-order chi connectivity index (χ0) is 10.4. The molecule has 0 heterocycles. The summed E-state index contributed by atoms with van der Waals surface area (Å²) in [5, 5.41) is 0. The molecule has 0 aliphatic carbocycles. The minimum Gasteiger partial charge on any atom is -0.497 e. The third kappa shape index (κ3) is 2.90. The summed E-state index contributed by atoms with van der Waals surface area (Å²) in [7, 11) is 1.62. The Bertz CT molecular complexity index is 347. The Kier molecular flexibility index (Phi) is 3.68. The van der Waals surface area contributed by atoms with Gasteiger partial charge in [0.15, 0.2) is 5.78 Å². The van der Waals surface area contributed by atoms with E-state index < -0.39 is 0 Å². The van der Waals surface area contributed by atoms with Crippen LogP contribution >= 0.6 is 0 Å². The van der Waals surface area contributed by atoms with Crippen LogP contribution in [0.1, 0.15) is 5.56 Å². The molecule has 0 radical (unpaired) electrons. The van der Waals surface area contributed by atoms with Crippen molar-refractivity contribution in [3.63, 3.8) is 0 Å². The van der Waals surface area contributed by atoms with Gasteiger partial charge in [0.05, 0.1) is 7.11 Å². The maximum atomic E-state index is 10.9. The smallest absolute Gasteiger partial charge is 0.178 e. The first-order valence-corrected chi connectivity index (χ1v) is 4.25. The van der Waals surface area contributed by atoms with Gasteiger partial charge in [-0.15, -0.1) is 0 Å². The Morgan fingerprint density at radius 2 is 2.00 bits per heavy atom. The molecular formula is C12H12O2. The lowest BCUT2D eigenvalue weighted by molar-refractivity contribution is -0.110. The molecule has 0 unspecified atom stereocenters. The van der Waals surface area contributed by atoms with E-state index in [1.807, 2.05) is 24.3 Å². The SMILES string of the molecule is C=CC(=O)C=Cc1ccc(OC)cc1. The number of hydrogen-bond acceptors (Lipinski definition) is 2. The second-order valence-corrected chi connectivity index (χ2v) is 2.71. The van der Waals surface area contributed by atoms with Gasteiger partial charge in [-0.2, -0.15) is 0 Å². The molecule has 14 heavy (non-hydrogen) atoms. The van der Waals surface area contributed by atoms with Crippen LogP contribution in [-0.2, 0) is 4.79 Å². The molecule has 2 nitrogen and oxygen atoms in total. The van der Waals surface area contributed by atoms with Crippen LogP contribution in [-0.4, -0.2) is 12.9 Å². The van der Waals surface area contributed by atoms with Gasteiger partial charge >= 0.3 is 0 Å². The Morgan fingerprint density at radius 1 is 1.36 bits per heavy atom. The number of rotatable bonds is 4. The fraction of sp³-hybridized carbons (Fsp3) is 0.0833. The van der Waals surface area contributed by atoms with Crippen molar-refractivity contribution in [1.29, 1.82) is 0 Å². The van der Waals surface area contributed by atoms with E-state index in [9.17, 15) is 4.79 Å². The van der Waals surface area contributed by atoms with Crippen LogP contribution in [0.15, 0.2) is 43.0 Å². The van der Waals surface area contributed by atoms with Crippen molar-refractivity contribution < 1.29 is 9.53 Å². The molecule has 0 bridgehead atoms. The average molecular weight is 188 g/mol. The highest BCUT2D eigenvalue weighted by Gasteiger charge is 1.91. The monoisotopic (exact) mass is 188 g/mol. The fourth-order valence-corrected chi connectivity index (χ4v) is 0.961. The summed E-state index contributed by atoms with van der Waals surface area (Å²) >= 11 is 0. The minimum atomic E-state index is -0.0965. The predicted molar refractivity (Wildman–Crippen MR) is 57.2 cm³/mol. The third-order valence-corrected chi connectivity index (χ3v) is 1.76. The lowest BCUT2D eigenvalue weighted by Crippen LogP contribution is -1.84. The number of benzene rings is 1. The quantitative estimate of drug-likeness (QED) is 0.678. The number of ether oxygens (including phenoxy) is 1. The van der Waals surface area contributed by atoms with Crippen molar-refractivity contribution in [1.82, 2.24) is 0 Å². The first-order valence-electron chi connectivity index (χ1n) is 4.25. The number of methoxy groups -OCH3 is 1. The van der Waals surface area contributed by atoms with Crippen molar-refractivity contribution >= 4 is 11.9 Å². The zero-order valence-corrected chi connectivity index (χ0v) is 8.07. The molecule has 0 spiro atoms. The predicted octanol–water partition coefficient (Wildman–Crippen LogP) is 2.46. The molecule has 0 amide bonds. The number of allylic oxidation sites excluding steroid dienone is 2. The van der Waals surface area contributed by atoms with Gasteiger partial charge in [-0.25, -0.2) is 0 Å². The van der Waals surface area contributed by atoms with E-state index in [0.29, 0.717) is 0 Å². The molecule has 72 valence electrons. The van der Waals surface area contributed by atoms with E-state index in [1.54, 1.807) is 13.2 Å². The van der Waals surface area contributed by atoms with Crippen LogP contribution in [0.4, 0.5) is 0 Å². The first-order chi connectivity index (χ1) is 6.76. The van der Waals surface area contributed by atoms with E-state index >= 15 is 0 Å².